The SMILES string of the molecule is CCn1ncnc1CNCC(CC)(CC)SC. The van der Waals surface area contributed by atoms with Gasteiger partial charge >= 0.3 is 0 Å². The van der Waals surface area contributed by atoms with Gasteiger partial charge in [-0.15, -0.1) is 0 Å². The zero-order chi connectivity index (χ0) is 12.7. The molecule has 4 nitrogen and oxygen atoms in total. The summed E-state index contributed by atoms with van der Waals surface area (Å²) in [7, 11) is 0. The van der Waals surface area contributed by atoms with Gasteiger partial charge in [0.15, 0.2) is 0 Å². The third-order valence-electron chi connectivity index (χ3n) is 3.45. The minimum Gasteiger partial charge on any atom is -0.308 e. The second kappa shape index (κ2) is 7.01. The van der Waals surface area contributed by atoms with E-state index in [0.29, 0.717) is 4.75 Å². The summed E-state index contributed by atoms with van der Waals surface area (Å²) in [5.74, 6) is 1.02. The summed E-state index contributed by atoms with van der Waals surface area (Å²) in [4.78, 5) is 4.27. The van der Waals surface area contributed by atoms with Crippen molar-refractivity contribution in [3.05, 3.63) is 12.2 Å². The summed E-state index contributed by atoms with van der Waals surface area (Å²) >= 11 is 1.96. The average molecular weight is 256 g/mol. The van der Waals surface area contributed by atoms with Gasteiger partial charge in [0, 0.05) is 17.8 Å². The van der Waals surface area contributed by atoms with E-state index in [-0.39, 0.29) is 0 Å². The van der Waals surface area contributed by atoms with Crippen LogP contribution in [0.25, 0.3) is 0 Å². The van der Waals surface area contributed by atoms with E-state index in [1.54, 1.807) is 6.33 Å². The van der Waals surface area contributed by atoms with E-state index in [9.17, 15) is 0 Å². The number of aromatic nitrogens is 3. The van der Waals surface area contributed by atoms with Gasteiger partial charge in [-0.2, -0.15) is 16.9 Å². The van der Waals surface area contributed by atoms with Crippen LogP contribution in [0, 0.1) is 0 Å². The molecule has 0 saturated carbocycles. The lowest BCUT2D eigenvalue weighted by molar-refractivity contribution is 0.480. The van der Waals surface area contributed by atoms with Crippen LogP contribution in [0.4, 0.5) is 0 Å². The highest BCUT2D eigenvalue weighted by atomic mass is 32.2. The van der Waals surface area contributed by atoms with E-state index in [4.69, 9.17) is 0 Å². The maximum atomic E-state index is 4.27. The Morgan fingerprint density at radius 2 is 2.06 bits per heavy atom. The fourth-order valence-electron chi connectivity index (χ4n) is 1.95. The highest BCUT2D eigenvalue weighted by molar-refractivity contribution is 8.00. The van der Waals surface area contributed by atoms with E-state index in [1.807, 2.05) is 16.4 Å². The third-order valence-corrected chi connectivity index (χ3v) is 5.03. The van der Waals surface area contributed by atoms with Crippen LogP contribution in [0.15, 0.2) is 6.33 Å². The first kappa shape index (κ1) is 14.5. The van der Waals surface area contributed by atoms with Crippen molar-refractivity contribution in [3.8, 4) is 0 Å². The van der Waals surface area contributed by atoms with Gasteiger partial charge in [0.05, 0.1) is 6.54 Å². The Kier molecular flexibility index (Phi) is 5.98. The van der Waals surface area contributed by atoms with Crippen molar-refractivity contribution >= 4 is 11.8 Å². The molecule has 0 unspecified atom stereocenters. The van der Waals surface area contributed by atoms with Crippen LogP contribution >= 0.6 is 11.8 Å². The van der Waals surface area contributed by atoms with Crippen molar-refractivity contribution in [1.82, 2.24) is 20.1 Å². The van der Waals surface area contributed by atoms with Crippen LogP contribution in [0.5, 0.6) is 0 Å². The van der Waals surface area contributed by atoms with Crippen molar-refractivity contribution < 1.29 is 0 Å². The Labute approximate surface area is 109 Å². The van der Waals surface area contributed by atoms with Gasteiger partial charge < -0.3 is 5.32 Å². The Bertz CT molecular complexity index is 312. The van der Waals surface area contributed by atoms with Crippen molar-refractivity contribution in [2.45, 2.75) is 51.4 Å². The van der Waals surface area contributed by atoms with Crippen LogP contribution in [-0.4, -0.2) is 32.3 Å². The highest BCUT2D eigenvalue weighted by Crippen LogP contribution is 2.29. The summed E-state index contributed by atoms with van der Waals surface area (Å²) in [5, 5.41) is 7.68. The van der Waals surface area contributed by atoms with Gasteiger partial charge in [-0.25, -0.2) is 9.67 Å². The smallest absolute Gasteiger partial charge is 0.140 e. The molecule has 0 bridgehead atoms. The van der Waals surface area contributed by atoms with E-state index >= 15 is 0 Å². The summed E-state index contributed by atoms with van der Waals surface area (Å²) < 4.78 is 2.29. The summed E-state index contributed by atoms with van der Waals surface area (Å²) in [5.41, 5.74) is 0. The molecule has 0 fully saturated rings. The molecule has 0 aliphatic rings. The molecule has 5 heteroatoms. The molecule has 0 aromatic carbocycles. The molecule has 98 valence electrons. The number of hydrogen-bond acceptors (Lipinski definition) is 4. The van der Waals surface area contributed by atoms with E-state index in [2.05, 4.69) is 42.4 Å². The molecule has 0 atom stereocenters. The van der Waals surface area contributed by atoms with Crippen LogP contribution in [-0.2, 0) is 13.1 Å². The standard InChI is InChI=1S/C12H24N4S/c1-5-12(6-2,17-4)9-13-8-11-14-10-15-16(11)7-3/h10,13H,5-9H2,1-4H3. The van der Waals surface area contributed by atoms with Crippen molar-refractivity contribution in [3.63, 3.8) is 0 Å². The number of aryl methyl sites for hydroxylation is 1. The zero-order valence-electron chi connectivity index (χ0n) is 11.4. The highest BCUT2D eigenvalue weighted by Gasteiger charge is 2.24. The summed E-state index contributed by atoms with van der Waals surface area (Å²) in [6.45, 7) is 9.31. The normalized spacial score (nSPS) is 12.0. The number of hydrogen-bond donors (Lipinski definition) is 1. The Morgan fingerprint density at radius 1 is 1.35 bits per heavy atom. The lowest BCUT2D eigenvalue weighted by Gasteiger charge is -2.29. The Hall–Kier alpha value is -0.550. The fraction of sp³-hybridized carbons (Fsp3) is 0.833. The molecule has 1 aromatic heterocycles. The third kappa shape index (κ3) is 3.71. The first-order chi connectivity index (χ1) is 8.21. The summed E-state index contributed by atoms with van der Waals surface area (Å²) in [6, 6.07) is 0. The number of nitrogens with one attached hydrogen (secondary N) is 1. The maximum absolute atomic E-state index is 4.27. The lowest BCUT2D eigenvalue weighted by atomic mass is 10.0. The number of nitrogens with zero attached hydrogens (tertiary/aromatic N) is 3. The largest absolute Gasteiger partial charge is 0.308 e. The Balaban J connectivity index is 2.46. The quantitative estimate of drug-likeness (QED) is 0.775. The topological polar surface area (TPSA) is 42.7 Å². The van der Waals surface area contributed by atoms with Crippen molar-refractivity contribution in [1.29, 1.82) is 0 Å². The Morgan fingerprint density at radius 3 is 2.59 bits per heavy atom. The molecule has 17 heavy (non-hydrogen) atoms. The van der Waals surface area contributed by atoms with Gasteiger partial charge in [-0.05, 0) is 26.0 Å². The first-order valence-corrected chi connectivity index (χ1v) is 7.56. The molecule has 0 radical (unpaired) electrons. The number of rotatable bonds is 8. The minimum absolute atomic E-state index is 0.358. The lowest BCUT2D eigenvalue weighted by Crippen LogP contribution is -2.36. The van der Waals surface area contributed by atoms with Gasteiger partial charge in [0.1, 0.15) is 12.2 Å². The first-order valence-electron chi connectivity index (χ1n) is 6.33. The summed E-state index contributed by atoms with van der Waals surface area (Å²) in [6.07, 6.45) is 6.21. The second-order valence-corrected chi connectivity index (χ2v) is 5.46. The second-order valence-electron chi connectivity index (χ2n) is 4.19. The predicted octanol–water partition coefficient (Wildman–Crippen LogP) is 2.31. The molecule has 1 N–H and O–H groups in total. The fourth-order valence-corrected chi connectivity index (χ4v) is 2.78. The van der Waals surface area contributed by atoms with Crippen LogP contribution in [0.1, 0.15) is 39.4 Å². The monoisotopic (exact) mass is 256 g/mol. The van der Waals surface area contributed by atoms with Crippen LogP contribution in [0.2, 0.25) is 0 Å². The molecular weight excluding hydrogens is 232 g/mol. The minimum atomic E-state index is 0.358. The molecule has 1 rings (SSSR count). The molecule has 0 aliphatic heterocycles. The van der Waals surface area contributed by atoms with Crippen LogP contribution in [0.3, 0.4) is 0 Å². The van der Waals surface area contributed by atoms with Gasteiger partial charge in [0.2, 0.25) is 0 Å². The number of thioether (sulfide) groups is 1. The molecular formula is C12H24N4S. The van der Waals surface area contributed by atoms with Crippen molar-refractivity contribution in [2.24, 2.45) is 0 Å². The molecule has 0 spiro atoms. The maximum Gasteiger partial charge on any atom is 0.140 e. The van der Waals surface area contributed by atoms with Gasteiger partial charge in [-0.1, -0.05) is 13.8 Å². The van der Waals surface area contributed by atoms with Crippen molar-refractivity contribution in [2.75, 3.05) is 12.8 Å². The van der Waals surface area contributed by atoms with Crippen LogP contribution < -0.4 is 5.32 Å². The molecule has 0 saturated heterocycles. The average Bonchev–Trinajstić information content (AvgIpc) is 2.83. The van der Waals surface area contributed by atoms with E-state index in [0.717, 1.165) is 25.5 Å². The predicted molar refractivity (Wildman–Crippen MR) is 74.2 cm³/mol. The van der Waals surface area contributed by atoms with Gasteiger partial charge in [0.25, 0.3) is 0 Å². The van der Waals surface area contributed by atoms with E-state index in [1.165, 1.54) is 12.8 Å². The zero-order valence-corrected chi connectivity index (χ0v) is 12.2. The molecule has 1 aromatic rings. The molecule has 0 amide bonds. The molecule has 1 heterocycles. The van der Waals surface area contributed by atoms with E-state index < -0.39 is 0 Å². The molecule has 0 aliphatic carbocycles. The van der Waals surface area contributed by atoms with Gasteiger partial charge in [-0.3, -0.25) is 0 Å².